The maximum absolute atomic E-state index is 3.72. The van der Waals surface area contributed by atoms with Crippen LogP contribution in [0.5, 0.6) is 0 Å². The Kier molecular flexibility index (Phi) is 3.65. The molecule has 0 saturated heterocycles. The molecule has 0 aliphatic heterocycles. The van der Waals surface area contributed by atoms with Crippen LogP contribution in [-0.2, 0) is 25.8 Å². The maximum Gasteiger partial charge on any atom is 0 e. The van der Waals surface area contributed by atoms with Gasteiger partial charge in [0.15, 0.2) is 0 Å². The van der Waals surface area contributed by atoms with Gasteiger partial charge in [0.2, 0.25) is 0 Å². The van der Waals surface area contributed by atoms with Gasteiger partial charge < -0.3 is 11.3 Å². The Morgan fingerprint density at radius 1 is 1.40 bits per heavy atom. The summed E-state index contributed by atoms with van der Waals surface area (Å²) >= 11 is 1.41. The van der Waals surface area contributed by atoms with Crippen molar-refractivity contribution in [3.63, 3.8) is 0 Å². The molecular formula is C6H9N2ReS-. The molecule has 1 radical (unpaired) electrons. The first-order valence-corrected chi connectivity index (χ1v) is 3.58. The molecule has 0 amide bonds. The third-order valence-corrected chi connectivity index (χ3v) is 2.06. The smallest absolute Gasteiger partial charge is 0 e. The van der Waals surface area contributed by atoms with E-state index in [2.05, 4.69) is 36.6 Å². The normalized spacial score (nSPS) is 10.7. The van der Waals surface area contributed by atoms with E-state index in [0.717, 1.165) is 4.88 Å². The molecule has 0 N–H and O–H groups in total. The standard InChI is InChI=1S/C6H9N2S.Re/c1-6(2,3)5-4-7-8-9-5;/h1-3H3;/q-1;. The van der Waals surface area contributed by atoms with E-state index in [1.165, 1.54) is 11.5 Å². The third-order valence-electron chi connectivity index (χ3n) is 1.01. The number of rotatable bonds is 0. The first kappa shape index (κ1) is 10.2. The zero-order chi connectivity index (χ0) is 6.91. The minimum atomic E-state index is 0. The summed E-state index contributed by atoms with van der Waals surface area (Å²) in [5, 5.41) is 3.63. The molecule has 0 atom stereocenters. The molecule has 0 aliphatic carbocycles. The molecule has 0 fully saturated rings. The Morgan fingerprint density at radius 3 is 2.20 bits per heavy atom. The molecule has 0 unspecified atom stereocenters. The van der Waals surface area contributed by atoms with Gasteiger partial charge >= 0.3 is 0 Å². The second-order valence-electron chi connectivity index (χ2n) is 2.96. The van der Waals surface area contributed by atoms with Gasteiger partial charge in [-0.1, -0.05) is 32.3 Å². The predicted octanol–water partition coefficient (Wildman–Crippen LogP) is 1.63. The Hall–Kier alpha value is 0.222. The van der Waals surface area contributed by atoms with Gasteiger partial charge in [-0.25, -0.2) is 0 Å². The number of hydrogen-bond acceptors (Lipinski definition) is 3. The zero-order valence-corrected chi connectivity index (χ0v) is 9.71. The Balaban J connectivity index is 0.000000810. The topological polar surface area (TPSA) is 25.8 Å². The van der Waals surface area contributed by atoms with Gasteiger partial charge in [-0.2, -0.15) is 0 Å². The van der Waals surface area contributed by atoms with Gasteiger partial charge in [0.1, 0.15) is 0 Å². The van der Waals surface area contributed by atoms with Crippen molar-refractivity contribution in [3.05, 3.63) is 11.1 Å². The molecule has 0 aromatic carbocycles. The molecule has 57 valence electrons. The van der Waals surface area contributed by atoms with Crippen LogP contribution in [0, 0.1) is 6.20 Å². The van der Waals surface area contributed by atoms with Crippen LogP contribution < -0.4 is 0 Å². The van der Waals surface area contributed by atoms with E-state index in [-0.39, 0.29) is 25.8 Å². The summed E-state index contributed by atoms with van der Waals surface area (Å²) in [4.78, 5) is 1.11. The fraction of sp³-hybridized carbons (Fsp3) is 0.667. The van der Waals surface area contributed by atoms with E-state index in [9.17, 15) is 0 Å². The SMILES string of the molecule is CC(C)(C)c1[c-]nns1.[Re]. The third kappa shape index (κ3) is 2.45. The van der Waals surface area contributed by atoms with Gasteiger partial charge in [-0.3, -0.25) is 0 Å². The van der Waals surface area contributed by atoms with E-state index in [0.29, 0.717) is 0 Å². The van der Waals surface area contributed by atoms with Crippen molar-refractivity contribution in [1.82, 2.24) is 9.59 Å². The quantitative estimate of drug-likeness (QED) is 0.677. The molecule has 4 heteroatoms. The number of aromatic nitrogens is 2. The monoisotopic (exact) mass is 328 g/mol. The van der Waals surface area contributed by atoms with Crippen molar-refractivity contribution in [2.45, 2.75) is 26.2 Å². The molecule has 0 spiro atoms. The van der Waals surface area contributed by atoms with Gasteiger partial charge in [-0.05, 0) is 5.41 Å². The van der Waals surface area contributed by atoms with Crippen molar-refractivity contribution < 1.29 is 20.4 Å². The van der Waals surface area contributed by atoms with Gasteiger partial charge in [0, 0.05) is 20.4 Å². The summed E-state index contributed by atoms with van der Waals surface area (Å²) in [7, 11) is 0. The van der Waals surface area contributed by atoms with Gasteiger partial charge in [-0.15, -0.1) is 9.37 Å². The minimum absolute atomic E-state index is 0. The van der Waals surface area contributed by atoms with Crippen molar-refractivity contribution in [2.75, 3.05) is 0 Å². The van der Waals surface area contributed by atoms with Crippen molar-refractivity contribution in [2.24, 2.45) is 0 Å². The van der Waals surface area contributed by atoms with Crippen LogP contribution in [0.2, 0.25) is 0 Å². The van der Waals surface area contributed by atoms with Gasteiger partial charge in [0.05, 0.1) is 0 Å². The van der Waals surface area contributed by atoms with Crippen molar-refractivity contribution in [3.8, 4) is 0 Å². The summed E-state index contributed by atoms with van der Waals surface area (Å²) in [5.74, 6) is 0. The average molecular weight is 327 g/mol. The second kappa shape index (κ2) is 3.57. The van der Waals surface area contributed by atoms with Crippen LogP contribution in [0.15, 0.2) is 0 Å². The Labute approximate surface area is 78.9 Å². The van der Waals surface area contributed by atoms with E-state index in [1.54, 1.807) is 0 Å². The number of hydrogen-bond donors (Lipinski definition) is 0. The Bertz CT molecular complexity index is 178. The fourth-order valence-electron chi connectivity index (χ4n) is 0.452. The molecular weight excluding hydrogens is 318 g/mol. The summed E-state index contributed by atoms with van der Waals surface area (Å²) < 4.78 is 3.72. The van der Waals surface area contributed by atoms with E-state index in [1.807, 2.05) is 0 Å². The number of nitrogens with zero attached hydrogens (tertiary/aromatic N) is 2. The minimum Gasteiger partial charge on any atom is -0.359 e. The maximum atomic E-state index is 3.72. The van der Waals surface area contributed by atoms with Crippen LogP contribution in [0.4, 0.5) is 0 Å². The predicted molar refractivity (Wildman–Crippen MR) is 37.4 cm³/mol. The van der Waals surface area contributed by atoms with Crippen LogP contribution in [-0.4, -0.2) is 9.59 Å². The Morgan fingerprint density at radius 2 is 2.00 bits per heavy atom. The molecule has 1 heterocycles. The zero-order valence-electron chi connectivity index (χ0n) is 6.18. The molecule has 1 rings (SSSR count). The van der Waals surface area contributed by atoms with Gasteiger partial charge in [0.25, 0.3) is 0 Å². The van der Waals surface area contributed by atoms with Crippen LogP contribution in [0.3, 0.4) is 0 Å². The first-order chi connectivity index (χ1) is 4.11. The van der Waals surface area contributed by atoms with Crippen LogP contribution >= 0.6 is 11.5 Å². The molecule has 0 aliphatic rings. The van der Waals surface area contributed by atoms with E-state index < -0.39 is 0 Å². The summed E-state index contributed by atoms with van der Waals surface area (Å²) in [6.45, 7) is 6.37. The van der Waals surface area contributed by atoms with Crippen LogP contribution in [0.1, 0.15) is 25.6 Å². The molecule has 0 saturated carbocycles. The average Bonchev–Trinajstić information content (AvgIpc) is 2.08. The molecule has 0 bridgehead atoms. The summed E-state index contributed by atoms with van der Waals surface area (Å²) in [6.07, 6.45) is 2.83. The van der Waals surface area contributed by atoms with E-state index >= 15 is 0 Å². The first-order valence-electron chi connectivity index (χ1n) is 2.81. The molecule has 1 aromatic heterocycles. The summed E-state index contributed by atoms with van der Waals surface area (Å²) in [6, 6.07) is 0. The largest absolute Gasteiger partial charge is 0.359 e. The molecule has 10 heavy (non-hydrogen) atoms. The summed E-state index contributed by atoms with van der Waals surface area (Å²) in [5.41, 5.74) is 0.161. The van der Waals surface area contributed by atoms with Crippen molar-refractivity contribution in [1.29, 1.82) is 0 Å². The van der Waals surface area contributed by atoms with Crippen molar-refractivity contribution >= 4 is 11.5 Å². The second-order valence-corrected chi connectivity index (χ2v) is 3.72. The molecule has 1 aromatic rings. The van der Waals surface area contributed by atoms with Crippen LogP contribution in [0.25, 0.3) is 0 Å². The fourth-order valence-corrected chi connectivity index (χ4v) is 0.971. The van der Waals surface area contributed by atoms with E-state index in [4.69, 9.17) is 0 Å². The molecule has 2 nitrogen and oxygen atoms in total.